The molecule has 0 aromatic heterocycles. The summed E-state index contributed by atoms with van der Waals surface area (Å²) >= 11 is 0. The maximum absolute atomic E-state index is 12.5. The maximum atomic E-state index is 12.5. The molecule has 4 rings (SSSR count). The van der Waals surface area contributed by atoms with Crippen LogP contribution in [0, 0.1) is 28.6 Å². The lowest BCUT2D eigenvalue weighted by Gasteiger charge is -2.59. The maximum Gasteiger partial charge on any atom is 0.326 e. The normalized spacial score (nSPS) is 36.6. The number of nitrogens with zero attached hydrogens (tertiary/aromatic N) is 1. The molecule has 0 saturated heterocycles. The van der Waals surface area contributed by atoms with Gasteiger partial charge in [-0.1, -0.05) is 37.9 Å². The number of oxime groups is 1. The number of amides is 2. The lowest BCUT2D eigenvalue weighted by atomic mass is 9.46. The van der Waals surface area contributed by atoms with Crippen molar-refractivity contribution in [1.29, 1.82) is 0 Å². The molecule has 0 bridgehead atoms. The first kappa shape index (κ1) is 31.2. The van der Waals surface area contributed by atoms with Crippen molar-refractivity contribution in [1.82, 2.24) is 10.6 Å². The van der Waals surface area contributed by atoms with Crippen LogP contribution >= 0.6 is 0 Å². The summed E-state index contributed by atoms with van der Waals surface area (Å²) in [5, 5.41) is 29.8. The van der Waals surface area contributed by atoms with E-state index in [4.69, 9.17) is 4.84 Å². The van der Waals surface area contributed by atoms with Gasteiger partial charge in [-0.2, -0.15) is 0 Å². The zero-order chi connectivity index (χ0) is 30.2. The molecule has 8 atom stereocenters. The number of aliphatic hydroxyl groups is 1. The molecule has 0 aromatic rings. The Morgan fingerprint density at radius 3 is 2.44 bits per heavy atom. The minimum absolute atomic E-state index is 0.0476. The van der Waals surface area contributed by atoms with Crippen LogP contribution in [0.25, 0.3) is 0 Å². The van der Waals surface area contributed by atoms with Gasteiger partial charge in [0.1, 0.15) is 17.7 Å². The van der Waals surface area contributed by atoms with Gasteiger partial charge in [-0.25, -0.2) is 4.79 Å². The zero-order valence-corrected chi connectivity index (χ0v) is 25.1. The Balaban J connectivity index is 1.33. The molecule has 0 heterocycles. The van der Waals surface area contributed by atoms with E-state index in [-0.39, 0.29) is 23.2 Å². The van der Waals surface area contributed by atoms with Crippen molar-refractivity contribution in [2.75, 3.05) is 6.61 Å². The van der Waals surface area contributed by atoms with Crippen LogP contribution in [-0.4, -0.2) is 63.8 Å². The molecule has 4 aliphatic carbocycles. The van der Waals surface area contributed by atoms with Gasteiger partial charge in [-0.3, -0.25) is 14.4 Å². The number of fused-ring (bicyclic) bond motifs is 5. The topological polar surface area (TPSA) is 154 Å². The second-order valence-corrected chi connectivity index (χ2v) is 13.2. The molecule has 3 fully saturated rings. The van der Waals surface area contributed by atoms with Crippen LogP contribution in [0.1, 0.15) is 98.8 Å². The van der Waals surface area contributed by atoms with E-state index in [2.05, 4.69) is 35.7 Å². The van der Waals surface area contributed by atoms with Gasteiger partial charge >= 0.3 is 5.97 Å². The number of ketones is 1. The summed E-state index contributed by atoms with van der Waals surface area (Å²) < 4.78 is 0. The van der Waals surface area contributed by atoms with Gasteiger partial charge in [-0.15, -0.1) is 0 Å². The van der Waals surface area contributed by atoms with Gasteiger partial charge in [0.2, 0.25) is 5.91 Å². The van der Waals surface area contributed by atoms with E-state index in [9.17, 15) is 29.4 Å². The summed E-state index contributed by atoms with van der Waals surface area (Å²) in [5.41, 5.74) is 0.661. The lowest BCUT2D eigenvalue weighted by molar-refractivity contribution is -0.159. The Bertz CT molecular complexity index is 1130. The number of carboxylic acid groups (broad SMARTS) is 1. The molecule has 4 N–H and O–H groups in total. The molecule has 0 unspecified atom stereocenters. The van der Waals surface area contributed by atoms with Crippen molar-refractivity contribution in [3.63, 3.8) is 0 Å². The lowest BCUT2D eigenvalue weighted by Crippen LogP contribution is -2.57. The van der Waals surface area contributed by atoms with E-state index < -0.39 is 35.5 Å². The predicted molar refractivity (Wildman–Crippen MR) is 153 cm³/mol. The predicted octanol–water partition coefficient (Wildman–Crippen LogP) is 3.52. The fraction of sp³-hybridized carbons (Fsp3) is 0.774. The molecular weight excluding hydrogens is 526 g/mol. The molecule has 0 aromatic carbocycles. The van der Waals surface area contributed by atoms with Crippen molar-refractivity contribution < 1.29 is 34.2 Å². The Morgan fingerprint density at radius 2 is 1.78 bits per heavy atom. The number of hydrogen-bond donors (Lipinski definition) is 4. The number of carbonyl (C=O) groups is 4. The average Bonchev–Trinajstić information content (AvgIpc) is 3.20. The Morgan fingerprint density at radius 1 is 1.07 bits per heavy atom. The fourth-order valence-electron chi connectivity index (χ4n) is 8.60. The largest absolute Gasteiger partial charge is 0.480 e. The molecule has 0 spiro atoms. The van der Waals surface area contributed by atoms with Gasteiger partial charge in [-0.05, 0) is 101 Å². The fourth-order valence-corrected chi connectivity index (χ4v) is 8.60. The summed E-state index contributed by atoms with van der Waals surface area (Å²) in [4.78, 5) is 53.7. The van der Waals surface area contributed by atoms with E-state index in [1.165, 1.54) is 12.5 Å². The van der Waals surface area contributed by atoms with Crippen molar-refractivity contribution in [3.8, 4) is 0 Å². The van der Waals surface area contributed by atoms with E-state index in [0.717, 1.165) is 50.7 Å². The second-order valence-electron chi connectivity index (χ2n) is 13.2. The van der Waals surface area contributed by atoms with Gasteiger partial charge in [0.05, 0.1) is 5.71 Å². The van der Waals surface area contributed by atoms with Crippen molar-refractivity contribution in [2.24, 2.45) is 33.7 Å². The van der Waals surface area contributed by atoms with Gasteiger partial charge in [0, 0.05) is 5.41 Å². The highest BCUT2D eigenvalue weighted by Gasteiger charge is 2.65. The molecule has 10 heteroatoms. The summed E-state index contributed by atoms with van der Waals surface area (Å²) in [7, 11) is 0. The number of allylic oxidation sites excluding steroid dienone is 2. The Hall–Kier alpha value is -2.75. The third-order valence-electron chi connectivity index (χ3n) is 11.1. The number of carboxylic acids is 1. The van der Waals surface area contributed by atoms with Gasteiger partial charge in [0.15, 0.2) is 12.4 Å². The summed E-state index contributed by atoms with van der Waals surface area (Å²) in [6.45, 7) is 9.02. The third-order valence-corrected chi connectivity index (χ3v) is 11.1. The van der Waals surface area contributed by atoms with Crippen LogP contribution < -0.4 is 10.6 Å². The van der Waals surface area contributed by atoms with E-state index >= 15 is 0 Å². The van der Waals surface area contributed by atoms with E-state index in [0.29, 0.717) is 37.0 Å². The van der Waals surface area contributed by atoms with Crippen LogP contribution in [-0.2, 0) is 24.0 Å². The highest BCUT2D eigenvalue weighted by Crippen LogP contribution is 2.67. The van der Waals surface area contributed by atoms with Crippen molar-refractivity contribution in [2.45, 2.75) is 117 Å². The first-order chi connectivity index (χ1) is 19.3. The third kappa shape index (κ3) is 5.68. The summed E-state index contributed by atoms with van der Waals surface area (Å²) in [6.07, 6.45) is 10.0. The standard InChI is InChI=1S/C31H47N3O7/c1-6-7-25(28(38)39)33-27(37)18(2)32-26(36)17-41-34-21-10-13-29(4)20(16-21)8-9-22-23(29)11-14-30(5)24(22)12-15-31(30,40)19(3)35/h16,18,22-25,40H,6-15,17H2,1-5H3,(H,32,36)(H,33,37)(H,38,39)/b34-21+/t18-,22+,23-,24-,25+,29-,30-,31-/m0/s1. The number of nitrogens with one attached hydrogen (secondary N) is 2. The first-order valence-corrected chi connectivity index (χ1v) is 15.2. The Labute approximate surface area is 242 Å². The monoisotopic (exact) mass is 573 g/mol. The molecule has 10 nitrogen and oxygen atoms in total. The average molecular weight is 574 g/mol. The minimum Gasteiger partial charge on any atom is -0.480 e. The molecule has 41 heavy (non-hydrogen) atoms. The smallest absolute Gasteiger partial charge is 0.326 e. The number of Topliss-reactive ketones (excluding diaryl/α,β-unsaturated/α-hetero) is 1. The summed E-state index contributed by atoms with van der Waals surface area (Å²) in [5.74, 6) is -0.915. The molecule has 228 valence electrons. The molecule has 0 radical (unpaired) electrons. The van der Waals surface area contributed by atoms with Gasteiger partial charge in [0.25, 0.3) is 5.91 Å². The highest BCUT2D eigenvalue weighted by molar-refractivity contribution is 5.96. The first-order valence-electron chi connectivity index (χ1n) is 15.2. The molecular formula is C31H47N3O7. The van der Waals surface area contributed by atoms with Crippen LogP contribution in [0.2, 0.25) is 0 Å². The van der Waals surface area contributed by atoms with Crippen molar-refractivity contribution in [3.05, 3.63) is 11.6 Å². The molecule has 0 aliphatic heterocycles. The van der Waals surface area contributed by atoms with Crippen LogP contribution in [0.3, 0.4) is 0 Å². The van der Waals surface area contributed by atoms with Crippen molar-refractivity contribution >= 4 is 29.3 Å². The quantitative estimate of drug-likeness (QED) is 0.292. The number of aliphatic carboxylic acids is 1. The number of carbonyl (C=O) groups excluding carboxylic acids is 3. The van der Waals surface area contributed by atoms with E-state index in [1.807, 2.05) is 6.92 Å². The highest BCUT2D eigenvalue weighted by atomic mass is 16.6. The zero-order valence-electron chi connectivity index (χ0n) is 25.1. The second kappa shape index (κ2) is 11.9. The Kier molecular flexibility index (Phi) is 9.02. The SMILES string of the molecule is CCC[C@@H](NC(=O)[C@H](C)NC(=O)CO/N=C1/C=C2CC[C@@H]3[C@H](CC[C@@]4(C)[C@H]3CC[C@]4(O)C(C)=O)[C@@]2(C)CC1)C(=O)O. The van der Waals surface area contributed by atoms with Crippen LogP contribution in [0.5, 0.6) is 0 Å². The number of hydrogen-bond acceptors (Lipinski definition) is 7. The van der Waals surface area contributed by atoms with Crippen LogP contribution in [0.15, 0.2) is 16.8 Å². The van der Waals surface area contributed by atoms with Crippen LogP contribution in [0.4, 0.5) is 0 Å². The number of rotatable bonds is 10. The molecule has 2 amide bonds. The molecule has 3 saturated carbocycles. The van der Waals surface area contributed by atoms with Gasteiger partial charge < -0.3 is 25.7 Å². The summed E-state index contributed by atoms with van der Waals surface area (Å²) in [6, 6.07) is -1.90. The van der Waals surface area contributed by atoms with E-state index in [1.54, 1.807) is 6.92 Å². The molecule has 4 aliphatic rings. The minimum atomic E-state index is -1.20.